The first-order chi connectivity index (χ1) is 16.5. The van der Waals surface area contributed by atoms with Crippen molar-refractivity contribution >= 4 is 34.6 Å². The summed E-state index contributed by atoms with van der Waals surface area (Å²) < 4.78 is 10.6. The number of methoxy groups -OCH3 is 1. The predicted molar refractivity (Wildman–Crippen MR) is 127 cm³/mol. The van der Waals surface area contributed by atoms with Crippen molar-refractivity contribution in [2.45, 2.75) is 31.8 Å². The van der Waals surface area contributed by atoms with E-state index >= 15 is 0 Å². The first kappa shape index (κ1) is 23.1. The zero-order chi connectivity index (χ0) is 24.1. The Kier molecular flexibility index (Phi) is 6.95. The number of nitrogens with one attached hydrogen (secondary N) is 2. The Morgan fingerprint density at radius 1 is 1.12 bits per heavy atom. The molecule has 2 aromatic carbocycles. The fraction of sp³-hybridized carbons (Fsp3) is 0.333. The highest BCUT2D eigenvalue weighted by atomic mass is 16.6. The van der Waals surface area contributed by atoms with E-state index in [1.807, 2.05) is 4.90 Å². The second kappa shape index (κ2) is 10.2. The lowest BCUT2D eigenvalue weighted by Crippen LogP contribution is -2.30. The molecular weight excluding hydrogens is 440 g/mol. The Bertz CT molecular complexity index is 1120. The molecule has 2 N–H and O–H groups in total. The lowest BCUT2D eigenvalue weighted by Gasteiger charge is -2.28. The second-order valence-electron chi connectivity index (χ2n) is 8.10. The van der Waals surface area contributed by atoms with Gasteiger partial charge in [0.05, 0.1) is 24.0 Å². The van der Waals surface area contributed by atoms with Crippen molar-refractivity contribution in [3.05, 3.63) is 64.4 Å². The van der Waals surface area contributed by atoms with Gasteiger partial charge in [-0.1, -0.05) is 0 Å². The number of nitrogens with zero attached hydrogens (tertiary/aromatic N) is 2. The van der Waals surface area contributed by atoms with E-state index in [9.17, 15) is 19.7 Å². The monoisotopic (exact) mass is 466 g/mol. The van der Waals surface area contributed by atoms with Gasteiger partial charge in [0, 0.05) is 42.9 Å². The first-order valence-corrected chi connectivity index (χ1v) is 11.1. The number of ether oxygens (including phenoxy) is 2. The van der Waals surface area contributed by atoms with Crippen LogP contribution in [0.5, 0.6) is 5.75 Å². The largest absolute Gasteiger partial charge is 0.494 e. The topological polar surface area (TPSA) is 123 Å². The summed E-state index contributed by atoms with van der Waals surface area (Å²) in [5, 5.41) is 17.2. The number of carbonyl (C=O) groups excluding carboxylic acids is 2. The molecule has 2 aliphatic rings. The molecule has 1 saturated heterocycles. The number of nitro groups is 1. The van der Waals surface area contributed by atoms with Gasteiger partial charge in [0.25, 0.3) is 17.5 Å². The summed E-state index contributed by atoms with van der Waals surface area (Å²) in [7, 11) is 1.45. The van der Waals surface area contributed by atoms with Crippen LogP contribution in [0.2, 0.25) is 0 Å². The van der Waals surface area contributed by atoms with Crippen molar-refractivity contribution in [2.24, 2.45) is 0 Å². The lowest BCUT2D eigenvalue weighted by molar-refractivity contribution is -0.384. The highest BCUT2D eigenvalue weighted by molar-refractivity contribution is 6.05. The Labute approximate surface area is 196 Å². The molecule has 2 heterocycles. The number of nitro benzene ring substituents is 1. The van der Waals surface area contributed by atoms with Crippen molar-refractivity contribution in [3.8, 4) is 5.75 Å². The van der Waals surface area contributed by atoms with Gasteiger partial charge in [-0.25, -0.2) is 0 Å². The molecule has 10 heteroatoms. The zero-order valence-electron chi connectivity index (χ0n) is 18.8. The molecule has 2 aromatic rings. The summed E-state index contributed by atoms with van der Waals surface area (Å²) >= 11 is 0. The summed E-state index contributed by atoms with van der Waals surface area (Å²) in [5.74, 6) is -0.442. The fourth-order valence-electron chi connectivity index (χ4n) is 4.06. The summed E-state index contributed by atoms with van der Waals surface area (Å²) in [6.07, 6.45) is 6.25. The van der Waals surface area contributed by atoms with Crippen molar-refractivity contribution in [1.29, 1.82) is 0 Å². The Morgan fingerprint density at radius 3 is 2.59 bits per heavy atom. The molecule has 178 valence electrons. The van der Waals surface area contributed by atoms with Crippen LogP contribution in [0.25, 0.3) is 0 Å². The van der Waals surface area contributed by atoms with Crippen LogP contribution in [-0.2, 0) is 9.53 Å². The molecule has 10 nitrogen and oxygen atoms in total. The fourth-order valence-corrected chi connectivity index (χ4v) is 4.06. The average molecular weight is 466 g/mol. The van der Waals surface area contributed by atoms with E-state index in [-0.39, 0.29) is 17.2 Å². The van der Waals surface area contributed by atoms with E-state index < -0.39 is 16.9 Å². The molecule has 0 radical (unpaired) electrons. The molecule has 34 heavy (non-hydrogen) atoms. The number of hydrogen-bond donors (Lipinski definition) is 2. The SMILES string of the molecule is COc1cc(NC(=O)c2ccc(N3CCCCC3)c([N+](=O)[O-])c2)ccc1NC(=O)[C@H]1CC=CO1. The standard InChI is InChI=1S/C24H26N4O6/c1-33-22-15-17(8-9-18(22)26-24(30)21-6-5-13-34-21)25-23(29)16-7-10-19(20(14-16)28(31)32)27-11-3-2-4-12-27/h5,7-10,13-15,21H,2-4,6,11-12H2,1H3,(H,25,29)(H,26,30)/t21-/m1/s1. The molecule has 0 spiro atoms. The van der Waals surface area contributed by atoms with Crippen LogP contribution < -0.4 is 20.3 Å². The highest BCUT2D eigenvalue weighted by Crippen LogP contribution is 2.32. The van der Waals surface area contributed by atoms with Crippen LogP contribution in [0, 0.1) is 10.1 Å². The summed E-state index contributed by atoms with van der Waals surface area (Å²) in [5.41, 5.74) is 1.47. The average Bonchev–Trinajstić information content (AvgIpc) is 3.40. The number of piperidine rings is 1. The zero-order valence-corrected chi connectivity index (χ0v) is 18.8. The molecule has 2 aliphatic heterocycles. The minimum atomic E-state index is -0.590. The van der Waals surface area contributed by atoms with Crippen LogP contribution in [0.4, 0.5) is 22.7 Å². The number of rotatable bonds is 7. The number of hydrogen-bond acceptors (Lipinski definition) is 7. The van der Waals surface area contributed by atoms with Crippen LogP contribution in [0.3, 0.4) is 0 Å². The van der Waals surface area contributed by atoms with Gasteiger partial charge in [0.15, 0.2) is 6.10 Å². The van der Waals surface area contributed by atoms with Gasteiger partial charge < -0.3 is 25.0 Å². The van der Waals surface area contributed by atoms with Crippen LogP contribution in [0.1, 0.15) is 36.0 Å². The van der Waals surface area contributed by atoms with Gasteiger partial charge in [-0.05, 0) is 49.6 Å². The van der Waals surface area contributed by atoms with Gasteiger partial charge in [-0.15, -0.1) is 0 Å². The smallest absolute Gasteiger partial charge is 0.293 e. The third kappa shape index (κ3) is 5.11. The van der Waals surface area contributed by atoms with E-state index in [4.69, 9.17) is 9.47 Å². The summed E-state index contributed by atoms with van der Waals surface area (Å²) in [4.78, 5) is 38.4. The van der Waals surface area contributed by atoms with Crippen molar-refractivity contribution in [3.63, 3.8) is 0 Å². The van der Waals surface area contributed by atoms with Gasteiger partial charge >= 0.3 is 0 Å². The van der Waals surface area contributed by atoms with Gasteiger partial charge in [0.2, 0.25) is 0 Å². The quantitative estimate of drug-likeness (QED) is 0.465. The number of carbonyl (C=O) groups is 2. The number of benzene rings is 2. The second-order valence-corrected chi connectivity index (χ2v) is 8.10. The van der Waals surface area contributed by atoms with E-state index in [1.165, 1.54) is 19.4 Å². The van der Waals surface area contributed by atoms with Crippen molar-refractivity contribution in [1.82, 2.24) is 0 Å². The third-order valence-corrected chi connectivity index (χ3v) is 5.83. The maximum absolute atomic E-state index is 12.8. The molecule has 0 saturated carbocycles. The van der Waals surface area contributed by atoms with Crippen molar-refractivity contribution < 1.29 is 24.0 Å². The lowest BCUT2D eigenvalue weighted by atomic mass is 10.1. The molecular formula is C24H26N4O6. The van der Waals surface area contributed by atoms with Gasteiger partial charge in [-0.2, -0.15) is 0 Å². The molecule has 0 bridgehead atoms. The number of amides is 2. The molecule has 4 rings (SSSR count). The van der Waals surface area contributed by atoms with E-state index in [1.54, 1.807) is 36.4 Å². The minimum Gasteiger partial charge on any atom is -0.494 e. The minimum absolute atomic E-state index is 0.0891. The Hall–Kier alpha value is -4.08. The van der Waals surface area contributed by atoms with Crippen LogP contribution in [-0.4, -0.2) is 43.0 Å². The first-order valence-electron chi connectivity index (χ1n) is 11.1. The molecule has 0 unspecified atom stereocenters. The Morgan fingerprint density at radius 2 is 1.91 bits per heavy atom. The van der Waals surface area contributed by atoms with Crippen LogP contribution in [0.15, 0.2) is 48.7 Å². The number of anilines is 3. The maximum atomic E-state index is 12.8. The van der Waals surface area contributed by atoms with E-state index in [0.29, 0.717) is 29.2 Å². The third-order valence-electron chi connectivity index (χ3n) is 5.83. The van der Waals surface area contributed by atoms with Gasteiger partial charge in [0.1, 0.15) is 11.4 Å². The molecule has 2 amide bonds. The predicted octanol–water partition coefficient (Wildman–Crippen LogP) is 4.09. The van der Waals surface area contributed by atoms with Gasteiger partial charge in [-0.3, -0.25) is 19.7 Å². The van der Waals surface area contributed by atoms with Crippen molar-refractivity contribution in [2.75, 3.05) is 35.7 Å². The van der Waals surface area contributed by atoms with E-state index in [2.05, 4.69) is 10.6 Å². The molecule has 1 atom stereocenters. The molecule has 1 fully saturated rings. The molecule has 0 aromatic heterocycles. The normalized spacial score (nSPS) is 17.1. The summed E-state index contributed by atoms with van der Waals surface area (Å²) in [6, 6.07) is 9.32. The van der Waals surface area contributed by atoms with E-state index in [0.717, 1.165) is 32.4 Å². The maximum Gasteiger partial charge on any atom is 0.293 e. The highest BCUT2D eigenvalue weighted by Gasteiger charge is 2.24. The van der Waals surface area contributed by atoms with Crippen LogP contribution >= 0.6 is 0 Å². The Balaban J connectivity index is 1.48. The summed E-state index contributed by atoms with van der Waals surface area (Å²) in [6.45, 7) is 1.52. The molecule has 0 aliphatic carbocycles.